The molecule has 0 saturated carbocycles. The molecule has 0 aromatic heterocycles. The number of likely N-dealkylation sites (N-methyl/N-ethyl adjacent to an activating group) is 1. The zero-order valence-electron chi connectivity index (χ0n) is 17.4. The maximum Gasteiger partial charge on any atom is 0.258 e. The molecule has 1 saturated heterocycles. The van der Waals surface area contributed by atoms with Gasteiger partial charge in [0, 0.05) is 37.4 Å². The Morgan fingerprint density at radius 2 is 1.77 bits per heavy atom. The van der Waals surface area contributed by atoms with Crippen molar-refractivity contribution in [3.8, 4) is 0 Å². The maximum absolute atomic E-state index is 12.8. The number of carbonyl (C=O) groups excluding carboxylic acids is 1. The van der Waals surface area contributed by atoms with Crippen LogP contribution < -0.4 is 15.5 Å². The number of fused-ring (bicyclic) bond motifs is 1. The van der Waals surface area contributed by atoms with Crippen molar-refractivity contribution in [1.82, 2.24) is 10.2 Å². The summed E-state index contributed by atoms with van der Waals surface area (Å²) in [6.07, 6.45) is 0. The summed E-state index contributed by atoms with van der Waals surface area (Å²) >= 11 is 11.9. The van der Waals surface area contributed by atoms with Gasteiger partial charge < -0.3 is 15.1 Å². The predicted molar refractivity (Wildman–Crippen MR) is 133 cm³/mol. The summed E-state index contributed by atoms with van der Waals surface area (Å²) in [6.45, 7) is 7.26. The molecule has 7 heteroatoms. The molecule has 3 aromatic rings. The van der Waals surface area contributed by atoms with Crippen molar-refractivity contribution in [3.63, 3.8) is 0 Å². The zero-order valence-corrected chi connectivity index (χ0v) is 19.0. The molecule has 1 heterocycles. The molecule has 0 bridgehead atoms. The fourth-order valence-corrected chi connectivity index (χ4v) is 4.41. The van der Waals surface area contributed by atoms with Crippen LogP contribution in [-0.4, -0.2) is 48.6 Å². The summed E-state index contributed by atoms with van der Waals surface area (Å²) in [5.74, 6) is -0.245. The lowest BCUT2D eigenvalue weighted by molar-refractivity contribution is 0.0979. The van der Waals surface area contributed by atoms with Gasteiger partial charge in [-0.15, -0.1) is 0 Å². The minimum absolute atomic E-state index is 0.235. The predicted octanol–water partition coefficient (Wildman–Crippen LogP) is 4.76. The smallest absolute Gasteiger partial charge is 0.258 e. The highest BCUT2D eigenvalue weighted by atomic mass is 35.5. The van der Waals surface area contributed by atoms with Gasteiger partial charge in [-0.25, -0.2) is 0 Å². The van der Waals surface area contributed by atoms with E-state index in [-0.39, 0.29) is 11.0 Å². The standard InChI is InChI=1S/C24H25ClN4OS/c1-2-28-12-14-29(15-13-28)22-11-10-18(16-21(22)25)26-24(31)27-23(30)20-9-5-7-17-6-3-4-8-19(17)20/h3-11,16H,2,12-15H2,1H3,(H2,26,27,30,31). The Kier molecular flexibility index (Phi) is 6.70. The molecule has 0 unspecified atom stereocenters. The molecular weight excluding hydrogens is 428 g/mol. The number of nitrogens with one attached hydrogen (secondary N) is 2. The average molecular weight is 453 g/mol. The van der Waals surface area contributed by atoms with Crippen LogP contribution in [0.3, 0.4) is 0 Å². The number of anilines is 2. The second-order valence-electron chi connectivity index (χ2n) is 7.52. The van der Waals surface area contributed by atoms with Crippen molar-refractivity contribution in [2.24, 2.45) is 0 Å². The van der Waals surface area contributed by atoms with Crippen molar-refractivity contribution >= 4 is 57.0 Å². The molecule has 5 nitrogen and oxygen atoms in total. The summed E-state index contributed by atoms with van der Waals surface area (Å²) in [6, 6.07) is 19.2. The normalized spacial score (nSPS) is 14.5. The Morgan fingerprint density at radius 3 is 2.52 bits per heavy atom. The monoisotopic (exact) mass is 452 g/mol. The molecule has 1 fully saturated rings. The van der Waals surface area contributed by atoms with Gasteiger partial charge in [-0.05, 0) is 53.8 Å². The first kappa shape index (κ1) is 21.6. The van der Waals surface area contributed by atoms with Crippen LogP contribution in [0.4, 0.5) is 11.4 Å². The van der Waals surface area contributed by atoms with Gasteiger partial charge in [0.1, 0.15) is 0 Å². The van der Waals surface area contributed by atoms with E-state index in [9.17, 15) is 4.79 Å². The topological polar surface area (TPSA) is 47.6 Å². The maximum atomic E-state index is 12.8. The van der Waals surface area contributed by atoms with Gasteiger partial charge in [0.05, 0.1) is 10.7 Å². The van der Waals surface area contributed by atoms with Gasteiger partial charge >= 0.3 is 0 Å². The highest BCUT2D eigenvalue weighted by molar-refractivity contribution is 7.80. The lowest BCUT2D eigenvalue weighted by atomic mass is 10.0. The molecule has 160 valence electrons. The Balaban J connectivity index is 1.40. The van der Waals surface area contributed by atoms with Crippen molar-refractivity contribution < 1.29 is 4.79 Å². The molecule has 31 heavy (non-hydrogen) atoms. The lowest BCUT2D eigenvalue weighted by Gasteiger charge is -2.36. The van der Waals surface area contributed by atoms with Crippen molar-refractivity contribution in [1.29, 1.82) is 0 Å². The number of halogens is 1. The van der Waals surface area contributed by atoms with Crippen LogP contribution in [0.2, 0.25) is 5.02 Å². The Morgan fingerprint density at radius 1 is 1.03 bits per heavy atom. The number of amides is 1. The Bertz CT molecular complexity index is 1110. The van der Waals surface area contributed by atoms with E-state index >= 15 is 0 Å². The molecule has 1 aliphatic rings. The van der Waals surface area contributed by atoms with Crippen LogP contribution in [0.25, 0.3) is 10.8 Å². The third-order valence-corrected chi connectivity index (χ3v) is 6.13. The third-order valence-electron chi connectivity index (χ3n) is 5.63. The molecule has 0 spiro atoms. The lowest BCUT2D eigenvalue weighted by Crippen LogP contribution is -2.46. The first-order chi connectivity index (χ1) is 15.0. The zero-order chi connectivity index (χ0) is 21.8. The molecule has 1 amide bonds. The molecule has 0 aliphatic carbocycles. The average Bonchev–Trinajstić information content (AvgIpc) is 2.79. The SMILES string of the molecule is CCN1CCN(c2ccc(NC(=S)NC(=O)c3cccc4ccccc34)cc2Cl)CC1. The van der Waals surface area contributed by atoms with Crippen LogP contribution in [-0.2, 0) is 0 Å². The first-order valence-corrected chi connectivity index (χ1v) is 11.2. The number of thiocarbonyl (C=S) groups is 1. The van der Waals surface area contributed by atoms with Crippen LogP contribution >= 0.6 is 23.8 Å². The van der Waals surface area contributed by atoms with Crippen molar-refractivity contribution in [2.45, 2.75) is 6.92 Å². The number of hydrogen-bond donors (Lipinski definition) is 2. The van der Waals surface area contributed by atoms with Gasteiger partial charge in [-0.1, -0.05) is 54.9 Å². The highest BCUT2D eigenvalue weighted by Crippen LogP contribution is 2.29. The van der Waals surface area contributed by atoms with E-state index in [1.165, 1.54) is 0 Å². The molecule has 0 radical (unpaired) electrons. The van der Waals surface area contributed by atoms with E-state index in [0.717, 1.165) is 54.9 Å². The third kappa shape index (κ3) is 4.98. The summed E-state index contributed by atoms with van der Waals surface area (Å²) in [5.41, 5.74) is 2.35. The number of rotatable bonds is 4. The van der Waals surface area contributed by atoms with Crippen molar-refractivity contribution in [2.75, 3.05) is 42.9 Å². The van der Waals surface area contributed by atoms with E-state index in [1.807, 2.05) is 54.6 Å². The summed E-state index contributed by atoms with van der Waals surface area (Å²) in [4.78, 5) is 17.5. The van der Waals surface area contributed by atoms with Crippen LogP contribution in [0, 0.1) is 0 Å². The highest BCUT2D eigenvalue weighted by Gasteiger charge is 2.18. The number of benzene rings is 3. The number of carbonyl (C=O) groups is 1. The van der Waals surface area contributed by atoms with Crippen LogP contribution in [0.1, 0.15) is 17.3 Å². The quantitative estimate of drug-likeness (QED) is 0.559. The molecule has 2 N–H and O–H groups in total. The van der Waals surface area contributed by atoms with E-state index < -0.39 is 0 Å². The summed E-state index contributed by atoms with van der Waals surface area (Å²) in [7, 11) is 0. The van der Waals surface area contributed by atoms with Crippen molar-refractivity contribution in [3.05, 3.63) is 71.2 Å². The summed E-state index contributed by atoms with van der Waals surface area (Å²) in [5, 5.41) is 8.63. The molecule has 0 atom stereocenters. The second-order valence-corrected chi connectivity index (χ2v) is 8.34. The molecule has 1 aliphatic heterocycles. The number of piperazine rings is 1. The van der Waals surface area contributed by atoms with E-state index in [4.69, 9.17) is 23.8 Å². The van der Waals surface area contributed by atoms with E-state index in [1.54, 1.807) is 6.07 Å². The Labute approximate surface area is 193 Å². The van der Waals surface area contributed by atoms with Gasteiger partial charge in [0.25, 0.3) is 5.91 Å². The van der Waals surface area contributed by atoms with E-state index in [2.05, 4.69) is 27.4 Å². The van der Waals surface area contributed by atoms with Gasteiger partial charge in [0.15, 0.2) is 5.11 Å². The number of nitrogens with zero attached hydrogens (tertiary/aromatic N) is 2. The fraction of sp³-hybridized carbons (Fsp3) is 0.250. The largest absolute Gasteiger partial charge is 0.368 e. The Hall–Kier alpha value is -2.67. The second kappa shape index (κ2) is 9.64. The van der Waals surface area contributed by atoms with E-state index in [0.29, 0.717) is 10.6 Å². The minimum Gasteiger partial charge on any atom is -0.368 e. The van der Waals surface area contributed by atoms with Gasteiger partial charge in [0.2, 0.25) is 0 Å². The first-order valence-electron chi connectivity index (χ1n) is 10.4. The molecule has 4 rings (SSSR count). The fourth-order valence-electron chi connectivity index (χ4n) is 3.90. The molecule has 3 aromatic carbocycles. The van der Waals surface area contributed by atoms with Crippen LogP contribution in [0.15, 0.2) is 60.7 Å². The van der Waals surface area contributed by atoms with Gasteiger partial charge in [-0.3, -0.25) is 10.1 Å². The summed E-state index contributed by atoms with van der Waals surface area (Å²) < 4.78 is 0. The van der Waals surface area contributed by atoms with Gasteiger partial charge in [-0.2, -0.15) is 0 Å². The molecular formula is C24H25ClN4OS. The number of hydrogen-bond acceptors (Lipinski definition) is 4. The minimum atomic E-state index is -0.245. The van der Waals surface area contributed by atoms with Crippen LogP contribution in [0.5, 0.6) is 0 Å².